The van der Waals surface area contributed by atoms with Gasteiger partial charge in [-0.15, -0.1) is 0 Å². The van der Waals surface area contributed by atoms with Crippen molar-refractivity contribution >= 4 is 0 Å². The van der Waals surface area contributed by atoms with E-state index in [0.29, 0.717) is 6.42 Å². The largest absolute Gasteiger partial charge is 0.394 e. The van der Waals surface area contributed by atoms with E-state index in [4.69, 9.17) is 0 Å². The molecule has 22 heavy (non-hydrogen) atoms. The minimum absolute atomic E-state index is 0.0707. The van der Waals surface area contributed by atoms with Gasteiger partial charge in [-0.25, -0.2) is 4.39 Å². The number of halogens is 1. The van der Waals surface area contributed by atoms with Crippen molar-refractivity contribution in [2.24, 2.45) is 0 Å². The Hall–Kier alpha value is -1.71. The van der Waals surface area contributed by atoms with Crippen molar-refractivity contribution < 1.29 is 14.6 Å². The van der Waals surface area contributed by atoms with Crippen molar-refractivity contribution in [1.82, 2.24) is 0 Å². The lowest BCUT2D eigenvalue weighted by molar-refractivity contribution is 0.0801. The van der Waals surface area contributed by atoms with Gasteiger partial charge >= 0.3 is 0 Å². The van der Waals surface area contributed by atoms with Crippen molar-refractivity contribution in [2.75, 3.05) is 6.61 Å². The van der Waals surface area contributed by atoms with Crippen molar-refractivity contribution in [3.63, 3.8) is 0 Å². The molecule has 0 heterocycles. The zero-order valence-electron chi connectivity index (χ0n) is 12.7. The van der Waals surface area contributed by atoms with E-state index in [2.05, 4.69) is 19.1 Å². The lowest BCUT2D eigenvalue weighted by atomic mass is 9.79. The van der Waals surface area contributed by atoms with Gasteiger partial charge in [0, 0.05) is 0 Å². The highest BCUT2D eigenvalue weighted by Crippen LogP contribution is 2.42. The minimum Gasteiger partial charge on any atom is -0.394 e. The summed E-state index contributed by atoms with van der Waals surface area (Å²) >= 11 is 0. The predicted molar refractivity (Wildman–Crippen MR) is 84.5 cm³/mol. The normalized spacial score (nSPS) is 21.6. The van der Waals surface area contributed by atoms with Gasteiger partial charge in [-0.05, 0) is 59.1 Å². The summed E-state index contributed by atoms with van der Waals surface area (Å²) in [5, 5.41) is 19.1. The molecule has 0 radical (unpaired) electrons. The number of aliphatic hydroxyl groups is 2. The molecular formula is C19H21FO2. The molecule has 3 heteroatoms. The third kappa shape index (κ3) is 2.79. The van der Waals surface area contributed by atoms with Crippen LogP contribution in [-0.2, 0) is 6.42 Å². The molecule has 3 atom stereocenters. The summed E-state index contributed by atoms with van der Waals surface area (Å²) in [5.74, 6) is -0.0602. The fraction of sp³-hybridized carbons (Fsp3) is 0.368. The summed E-state index contributed by atoms with van der Waals surface area (Å²) in [4.78, 5) is 0. The van der Waals surface area contributed by atoms with Gasteiger partial charge in [0.2, 0.25) is 0 Å². The first-order chi connectivity index (χ1) is 10.6. The molecule has 1 unspecified atom stereocenters. The molecule has 3 rings (SSSR count). The smallest absolute Gasteiger partial charge is 0.123 e. The Balaban J connectivity index is 2.11. The quantitative estimate of drug-likeness (QED) is 0.912. The van der Waals surface area contributed by atoms with E-state index >= 15 is 0 Å². The van der Waals surface area contributed by atoms with Crippen LogP contribution in [-0.4, -0.2) is 22.9 Å². The maximum Gasteiger partial charge on any atom is 0.123 e. The molecule has 2 N–H and O–H groups in total. The van der Waals surface area contributed by atoms with E-state index in [9.17, 15) is 14.6 Å². The molecule has 0 fully saturated rings. The Labute approximate surface area is 130 Å². The molecular weight excluding hydrogens is 279 g/mol. The summed E-state index contributed by atoms with van der Waals surface area (Å²) in [6, 6.07) is 13.2. The third-order valence-electron chi connectivity index (χ3n) is 4.77. The van der Waals surface area contributed by atoms with Crippen molar-refractivity contribution in [1.29, 1.82) is 0 Å². The summed E-state index contributed by atoms with van der Waals surface area (Å²) in [5.41, 5.74) is 4.56. The van der Waals surface area contributed by atoms with Gasteiger partial charge in [0.25, 0.3) is 0 Å². The van der Waals surface area contributed by atoms with Crippen molar-refractivity contribution in [2.45, 2.75) is 37.7 Å². The second kappa shape index (κ2) is 6.19. The standard InChI is InChI=1S/C19H21FO2/c1-12-18-9-15(20)7-6-14(18)8-13-4-2-3-5-17(13)19(12)10-16(22)11-21/h2-7,9,12,16,19,21-22H,8,10-11H2,1H3/t12-,16?,19+/m1/s1. The van der Waals surface area contributed by atoms with Crippen LogP contribution in [0, 0.1) is 5.82 Å². The molecule has 2 nitrogen and oxygen atoms in total. The van der Waals surface area contributed by atoms with Gasteiger partial charge in [-0.1, -0.05) is 37.3 Å². The fourth-order valence-electron chi connectivity index (χ4n) is 3.60. The molecule has 0 amide bonds. The Morgan fingerprint density at radius 3 is 2.64 bits per heavy atom. The van der Waals surface area contributed by atoms with Gasteiger partial charge in [0.1, 0.15) is 5.82 Å². The predicted octanol–water partition coefficient (Wildman–Crippen LogP) is 3.36. The van der Waals surface area contributed by atoms with Gasteiger partial charge in [0.15, 0.2) is 0 Å². The molecule has 116 valence electrons. The highest BCUT2D eigenvalue weighted by atomic mass is 19.1. The molecule has 1 aliphatic rings. The van der Waals surface area contributed by atoms with Crippen molar-refractivity contribution in [3.05, 3.63) is 70.5 Å². The lowest BCUT2D eigenvalue weighted by Crippen LogP contribution is -2.20. The summed E-state index contributed by atoms with van der Waals surface area (Å²) in [6.07, 6.45) is 0.502. The van der Waals surface area contributed by atoms with Gasteiger partial charge in [0.05, 0.1) is 12.7 Å². The number of aliphatic hydroxyl groups excluding tert-OH is 2. The summed E-state index contributed by atoms with van der Waals surface area (Å²) < 4.78 is 13.7. The van der Waals surface area contributed by atoms with E-state index < -0.39 is 6.10 Å². The zero-order valence-corrected chi connectivity index (χ0v) is 12.7. The molecule has 0 aliphatic heterocycles. The van der Waals surface area contributed by atoms with Crippen LogP contribution >= 0.6 is 0 Å². The molecule has 1 aliphatic carbocycles. The topological polar surface area (TPSA) is 40.5 Å². The van der Waals surface area contributed by atoms with E-state index in [1.165, 1.54) is 17.2 Å². The van der Waals surface area contributed by atoms with Crippen LogP contribution in [0.2, 0.25) is 0 Å². The highest BCUT2D eigenvalue weighted by Gasteiger charge is 2.30. The average molecular weight is 300 g/mol. The van der Waals surface area contributed by atoms with Crippen LogP contribution in [0.5, 0.6) is 0 Å². The fourth-order valence-corrected chi connectivity index (χ4v) is 3.60. The first kappa shape index (κ1) is 15.2. The van der Waals surface area contributed by atoms with Gasteiger partial charge < -0.3 is 10.2 Å². The molecule has 0 saturated carbocycles. The Kier molecular flexibility index (Phi) is 4.27. The van der Waals surface area contributed by atoms with Crippen LogP contribution in [0.1, 0.15) is 47.4 Å². The molecule has 0 bridgehead atoms. The summed E-state index contributed by atoms with van der Waals surface area (Å²) in [7, 11) is 0. The van der Waals surface area contributed by atoms with E-state index in [1.54, 1.807) is 6.07 Å². The van der Waals surface area contributed by atoms with Crippen LogP contribution in [0.15, 0.2) is 42.5 Å². The van der Waals surface area contributed by atoms with Crippen LogP contribution in [0.25, 0.3) is 0 Å². The molecule has 2 aromatic carbocycles. The number of hydrogen-bond donors (Lipinski definition) is 2. The molecule has 0 aromatic heterocycles. The zero-order chi connectivity index (χ0) is 15.7. The van der Waals surface area contributed by atoms with Crippen molar-refractivity contribution in [3.8, 4) is 0 Å². The molecule has 0 saturated heterocycles. The first-order valence-corrected chi connectivity index (χ1v) is 7.75. The molecule has 0 spiro atoms. The second-order valence-corrected chi connectivity index (χ2v) is 6.19. The highest BCUT2D eigenvalue weighted by molar-refractivity contribution is 5.45. The summed E-state index contributed by atoms with van der Waals surface area (Å²) in [6.45, 7) is 1.83. The average Bonchev–Trinajstić information content (AvgIpc) is 2.64. The number of fused-ring (bicyclic) bond motifs is 2. The van der Waals surface area contributed by atoms with Crippen LogP contribution < -0.4 is 0 Å². The van der Waals surface area contributed by atoms with Crippen LogP contribution in [0.4, 0.5) is 4.39 Å². The maximum atomic E-state index is 13.7. The molecule has 2 aromatic rings. The lowest BCUT2D eigenvalue weighted by Gasteiger charge is -2.26. The van der Waals surface area contributed by atoms with Gasteiger partial charge in [-0.2, -0.15) is 0 Å². The van der Waals surface area contributed by atoms with E-state index in [-0.39, 0.29) is 24.3 Å². The first-order valence-electron chi connectivity index (χ1n) is 7.75. The minimum atomic E-state index is -0.754. The number of hydrogen-bond acceptors (Lipinski definition) is 2. The number of benzene rings is 2. The van der Waals surface area contributed by atoms with Gasteiger partial charge in [-0.3, -0.25) is 0 Å². The SMILES string of the molecule is C[C@@H]1c2cc(F)ccc2Cc2ccccc2[C@H]1CC(O)CO. The van der Waals surface area contributed by atoms with E-state index in [0.717, 1.165) is 17.5 Å². The third-order valence-corrected chi connectivity index (χ3v) is 4.77. The Morgan fingerprint density at radius 1 is 1.14 bits per heavy atom. The Morgan fingerprint density at radius 2 is 1.86 bits per heavy atom. The number of rotatable bonds is 3. The monoisotopic (exact) mass is 300 g/mol. The Bertz CT molecular complexity index is 668. The van der Waals surface area contributed by atoms with E-state index in [1.807, 2.05) is 18.2 Å². The van der Waals surface area contributed by atoms with Crippen LogP contribution in [0.3, 0.4) is 0 Å². The second-order valence-electron chi connectivity index (χ2n) is 6.19. The maximum absolute atomic E-state index is 13.7.